The number of aromatic nitrogens is 2. The highest BCUT2D eigenvalue weighted by Gasteiger charge is 2.27. The minimum absolute atomic E-state index is 0.0251. The molecule has 0 aliphatic rings. The number of nitro benzene ring substituents is 1. The lowest BCUT2D eigenvalue weighted by molar-refractivity contribution is -0.384. The Bertz CT molecular complexity index is 1140. The maximum Gasteiger partial charge on any atom is 0.344 e. The summed E-state index contributed by atoms with van der Waals surface area (Å²) in [6, 6.07) is 9.56. The van der Waals surface area contributed by atoms with Crippen molar-refractivity contribution in [3.8, 4) is 5.88 Å². The largest absolute Gasteiger partial charge is 0.403 e. The van der Waals surface area contributed by atoms with Crippen LogP contribution in [0.2, 0.25) is 10.0 Å². The molecule has 0 saturated carbocycles. The fraction of sp³-hybridized carbons (Fsp3) is 0.105. The third-order valence-electron chi connectivity index (χ3n) is 4.07. The molecular formula is C19H13Cl2N3O5. The summed E-state index contributed by atoms with van der Waals surface area (Å²) >= 11 is 11.9. The van der Waals surface area contributed by atoms with Crippen LogP contribution in [0.1, 0.15) is 32.0 Å². The highest BCUT2D eigenvalue weighted by molar-refractivity contribution is 6.35. The number of benzene rings is 2. The van der Waals surface area contributed by atoms with Crippen LogP contribution in [0.25, 0.3) is 0 Å². The standard InChI is InChI=1S/C19H13Cl2N3O5/c1-10-16(17(25)14-8-7-13(24(27)28)9-15(14)21)18(23(2)22-10)29-19(26)11-3-5-12(20)6-4-11/h3-9H,1-2H3. The first-order chi connectivity index (χ1) is 13.7. The van der Waals surface area contributed by atoms with E-state index < -0.39 is 16.7 Å². The van der Waals surface area contributed by atoms with Gasteiger partial charge in [-0.3, -0.25) is 14.9 Å². The molecule has 10 heteroatoms. The van der Waals surface area contributed by atoms with Gasteiger partial charge in [0.25, 0.3) is 5.69 Å². The fourth-order valence-corrected chi connectivity index (χ4v) is 3.07. The average molecular weight is 434 g/mol. The van der Waals surface area contributed by atoms with Crippen molar-refractivity contribution in [3.05, 3.63) is 85.0 Å². The van der Waals surface area contributed by atoms with Crippen LogP contribution in [0, 0.1) is 17.0 Å². The highest BCUT2D eigenvalue weighted by atomic mass is 35.5. The van der Waals surface area contributed by atoms with Crippen LogP contribution < -0.4 is 4.74 Å². The minimum Gasteiger partial charge on any atom is -0.403 e. The van der Waals surface area contributed by atoms with E-state index in [0.29, 0.717) is 10.7 Å². The van der Waals surface area contributed by atoms with E-state index in [0.717, 1.165) is 6.07 Å². The third-order valence-corrected chi connectivity index (χ3v) is 4.64. The number of carbonyl (C=O) groups excluding carboxylic acids is 2. The summed E-state index contributed by atoms with van der Waals surface area (Å²) in [5.41, 5.74) is 0.359. The van der Waals surface area contributed by atoms with Gasteiger partial charge in [-0.05, 0) is 37.3 Å². The number of ether oxygens (including phenoxy) is 1. The smallest absolute Gasteiger partial charge is 0.344 e. The summed E-state index contributed by atoms with van der Waals surface area (Å²) in [6.07, 6.45) is 0. The molecule has 0 radical (unpaired) electrons. The molecule has 0 atom stereocenters. The van der Waals surface area contributed by atoms with Gasteiger partial charge in [0.2, 0.25) is 11.7 Å². The van der Waals surface area contributed by atoms with Crippen LogP contribution in [-0.2, 0) is 7.05 Å². The van der Waals surface area contributed by atoms with Crippen LogP contribution in [0.15, 0.2) is 42.5 Å². The van der Waals surface area contributed by atoms with E-state index in [1.54, 1.807) is 6.92 Å². The number of aryl methyl sites for hydroxylation is 2. The Labute approximate surface area is 174 Å². The van der Waals surface area contributed by atoms with Crippen molar-refractivity contribution in [2.75, 3.05) is 0 Å². The van der Waals surface area contributed by atoms with Crippen molar-refractivity contribution >= 4 is 40.6 Å². The third kappa shape index (κ3) is 4.13. The molecule has 3 rings (SSSR count). The van der Waals surface area contributed by atoms with Gasteiger partial charge in [-0.25, -0.2) is 9.48 Å². The number of non-ortho nitro benzene ring substituents is 1. The summed E-state index contributed by atoms with van der Waals surface area (Å²) in [7, 11) is 1.52. The van der Waals surface area contributed by atoms with E-state index >= 15 is 0 Å². The number of carbonyl (C=O) groups is 2. The topological polar surface area (TPSA) is 104 Å². The molecule has 29 heavy (non-hydrogen) atoms. The van der Waals surface area contributed by atoms with Gasteiger partial charge in [-0.15, -0.1) is 0 Å². The molecule has 0 aliphatic carbocycles. The molecule has 0 unspecified atom stereocenters. The quantitative estimate of drug-likeness (QED) is 0.255. The van der Waals surface area contributed by atoms with E-state index in [-0.39, 0.29) is 33.3 Å². The monoisotopic (exact) mass is 433 g/mol. The molecule has 0 fully saturated rings. The Kier molecular flexibility index (Phi) is 5.67. The number of ketones is 1. The number of halogens is 2. The summed E-state index contributed by atoms with van der Waals surface area (Å²) in [6.45, 7) is 1.58. The molecule has 0 spiro atoms. The van der Waals surface area contributed by atoms with E-state index in [1.165, 1.54) is 48.1 Å². The molecule has 2 aromatic carbocycles. The van der Waals surface area contributed by atoms with Crippen LogP contribution in [-0.4, -0.2) is 26.5 Å². The second-order valence-electron chi connectivity index (χ2n) is 6.04. The van der Waals surface area contributed by atoms with Gasteiger partial charge in [0.05, 0.1) is 21.2 Å². The van der Waals surface area contributed by atoms with E-state index in [2.05, 4.69) is 5.10 Å². The average Bonchev–Trinajstić information content (AvgIpc) is 2.94. The van der Waals surface area contributed by atoms with Gasteiger partial charge in [-0.2, -0.15) is 5.10 Å². The molecule has 0 aliphatic heterocycles. The molecule has 0 saturated heterocycles. The molecule has 3 aromatic rings. The lowest BCUT2D eigenvalue weighted by atomic mass is 10.0. The van der Waals surface area contributed by atoms with Gasteiger partial charge < -0.3 is 4.74 Å². The van der Waals surface area contributed by atoms with Gasteiger partial charge >= 0.3 is 5.97 Å². The second kappa shape index (κ2) is 8.02. The Morgan fingerprint density at radius 2 is 1.79 bits per heavy atom. The summed E-state index contributed by atoms with van der Waals surface area (Å²) in [4.78, 5) is 35.8. The Morgan fingerprint density at radius 3 is 2.38 bits per heavy atom. The Balaban J connectivity index is 1.98. The van der Waals surface area contributed by atoms with Crippen molar-refractivity contribution in [1.29, 1.82) is 0 Å². The fourth-order valence-electron chi connectivity index (χ4n) is 2.68. The number of hydrogen-bond acceptors (Lipinski definition) is 6. The van der Waals surface area contributed by atoms with Crippen molar-refractivity contribution in [2.45, 2.75) is 6.92 Å². The SMILES string of the molecule is Cc1nn(C)c(OC(=O)c2ccc(Cl)cc2)c1C(=O)c1ccc([N+](=O)[O-])cc1Cl. The predicted octanol–water partition coefficient (Wildman–Crippen LogP) is 4.39. The Hall–Kier alpha value is -3.23. The zero-order valence-electron chi connectivity index (χ0n) is 15.2. The minimum atomic E-state index is -0.700. The van der Waals surface area contributed by atoms with Crippen LogP contribution in [0.4, 0.5) is 5.69 Å². The molecule has 1 heterocycles. The van der Waals surface area contributed by atoms with Crippen LogP contribution >= 0.6 is 23.2 Å². The summed E-state index contributed by atoms with van der Waals surface area (Å²) < 4.78 is 6.67. The molecule has 1 aromatic heterocycles. The number of nitro groups is 1. The molecule has 0 N–H and O–H groups in total. The van der Waals surface area contributed by atoms with E-state index in [9.17, 15) is 19.7 Å². The van der Waals surface area contributed by atoms with E-state index in [4.69, 9.17) is 27.9 Å². The first-order valence-corrected chi connectivity index (χ1v) is 8.94. The van der Waals surface area contributed by atoms with Crippen molar-refractivity contribution in [3.63, 3.8) is 0 Å². The summed E-state index contributed by atoms with van der Waals surface area (Å²) in [5, 5.41) is 15.4. The second-order valence-corrected chi connectivity index (χ2v) is 6.88. The van der Waals surface area contributed by atoms with Crippen LogP contribution in [0.5, 0.6) is 5.88 Å². The van der Waals surface area contributed by atoms with Crippen molar-refractivity contribution < 1.29 is 19.2 Å². The van der Waals surface area contributed by atoms with Gasteiger partial charge in [0.15, 0.2) is 0 Å². The lowest BCUT2D eigenvalue weighted by Crippen LogP contribution is -2.14. The normalized spacial score (nSPS) is 10.6. The molecular weight excluding hydrogens is 421 g/mol. The Morgan fingerprint density at radius 1 is 1.14 bits per heavy atom. The number of rotatable bonds is 5. The number of hydrogen-bond donors (Lipinski definition) is 0. The molecule has 0 bridgehead atoms. The predicted molar refractivity (Wildman–Crippen MR) is 106 cm³/mol. The molecule has 0 amide bonds. The maximum absolute atomic E-state index is 13.0. The first-order valence-electron chi connectivity index (χ1n) is 8.19. The van der Waals surface area contributed by atoms with Crippen LogP contribution in [0.3, 0.4) is 0 Å². The zero-order chi connectivity index (χ0) is 21.3. The molecule has 8 nitrogen and oxygen atoms in total. The first kappa shape index (κ1) is 20.5. The van der Waals surface area contributed by atoms with Crippen molar-refractivity contribution in [2.24, 2.45) is 7.05 Å². The van der Waals surface area contributed by atoms with Crippen molar-refractivity contribution in [1.82, 2.24) is 9.78 Å². The molecule has 148 valence electrons. The number of esters is 1. The number of nitrogens with zero attached hydrogens (tertiary/aromatic N) is 3. The van der Waals surface area contributed by atoms with E-state index in [1.807, 2.05) is 0 Å². The van der Waals surface area contributed by atoms with Gasteiger partial charge in [0.1, 0.15) is 5.56 Å². The highest BCUT2D eigenvalue weighted by Crippen LogP contribution is 2.30. The van der Waals surface area contributed by atoms with Gasteiger partial charge in [0, 0.05) is 29.8 Å². The zero-order valence-corrected chi connectivity index (χ0v) is 16.7. The van der Waals surface area contributed by atoms with Gasteiger partial charge in [-0.1, -0.05) is 23.2 Å². The summed E-state index contributed by atoms with van der Waals surface area (Å²) in [5.74, 6) is -1.34. The lowest BCUT2D eigenvalue weighted by Gasteiger charge is -2.08. The maximum atomic E-state index is 13.0.